The molecule has 3 rings (SSSR count). The summed E-state index contributed by atoms with van der Waals surface area (Å²) in [6.45, 7) is 23.7. The van der Waals surface area contributed by atoms with E-state index in [0.29, 0.717) is 18.4 Å². The summed E-state index contributed by atoms with van der Waals surface area (Å²) < 4.78 is 20.2. The molecule has 1 saturated carbocycles. The molecule has 6 heteroatoms. The second kappa shape index (κ2) is 11.1. The van der Waals surface area contributed by atoms with Crippen molar-refractivity contribution in [2.75, 3.05) is 13.7 Å². The molecule has 0 aromatic rings. The van der Waals surface area contributed by atoms with Crippen molar-refractivity contribution >= 4 is 16.6 Å². The first kappa shape index (κ1) is 30.3. The Labute approximate surface area is 224 Å². The number of fused-ring (bicyclic) bond motifs is 2. The van der Waals surface area contributed by atoms with Gasteiger partial charge < -0.3 is 18.7 Å². The Hall–Kier alpha value is -0.246. The second-order valence-electron chi connectivity index (χ2n) is 13.5. The average Bonchev–Trinajstić information content (AvgIpc) is 3.31. The lowest BCUT2D eigenvalue weighted by Crippen LogP contribution is -2.52. The Kier molecular flexibility index (Phi) is 9.33. The lowest BCUT2D eigenvalue weighted by Gasteiger charge is -2.47. The van der Waals surface area contributed by atoms with Crippen molar-refractivity contribution in [3.05, 3.63) is 22.8 Å². The molecule has 0 radical (unpaired) electrons. The average molecular weight is 537 g/mol. The quantitative estimate of drug-likeness (QED) is 0.229. The molecule has 1 fully saturated rings. The molecule has 0 unspecified atom stereocenters. The van der Waals surface area contributed by atoms with E-state index >= 15 is 0 Å². The molecule has 3 aliphatic rings. The van der Waals surface area contributed by atoms with Gasteiger partial charge in [0.2, 0.25) is 0 Å². The standard InChI is InChI=1S/C30H56O4Si2/c1-12-36(13-2,14-3)33-28-22(6)24-16-18-30(20-32-8,34-35(9,10)11)25(24)19-29(7)17-15-23(21(4)5)26(29)27(28)31/h19,21-22,24,27-28,31H,12-18,20H2,1-11H3/t22-,24+,27-,28-,29-,30+/m1/s1. The van der Waals surface area contributed by atoms with Crippen LogP contribution >= 0.6 is 0 Å². The molecule has 0 saturated heterocycles. The Balaban J connectivity index is 2.25. The molecule has 36 heavy (non-hydrogen) atoms. The van der Waals surface area contributed by atoms with Crippen LogP contribution in [-0.4, -0.2) is 53.3 Å². The fourth-order valence-electron chi connectivity index (χ4n) is 7.72. The smallest absolute Gasteiger partial charge is 0.192 e. The van der Waals surface area contributed by atoms with Crippen LogP contribution in [0.4, 0.5) is 0 Å². The van der Waals surface area contributed by atoms with Gasteiger partial charge in [0.25, 0.3) is 0 Å². The van der Waals surface area contributed by atoms with Crippen molar-refractivity contribution in [2.45, 2.75) is 130 Å². The molecule has 0 aliphatic heterocycles. The first-order chi connectivity index (χ1) is 16.7. The number of allylic oxidation sites excluding steroid dienone is 2. The van der Waals surface area contributed by atoms with Gasteiger partial charge in [-0.25, -0.2) is 0 Å². The molecule has 6 atom stereocenters. The number of rotatable bonds is 10. The summed E-state index contributed by atoms with van der Waals surface area (Å²) in [7, 11) is -1.96. The third-order valence-electron chi connectivity index (χ3n) is 9.79. The lowest BCUT2D eigenvalue weighted by molar-refractivity contribution is -0.0105. The molecule has 0 spiro atoms. The van der Waals surface area contributed by atoms with Crippen molar-refractivity contribution in [1.29, 1.82) is 0 Å². The summed E-state index contributed by atoms with van der Waals surface area (Å²) >= 11 is 0. The minimum Gasteiger partial charge on any atom is -0.411 e. The van der Waals surface area contributed by atoms with Crippen molar-refractivity contribution in [3.63, 3.8) is 0 Å². The fourth-order valence-corrected chi connectivity index (χ4v) is 12.1. The van der Waals surface area contributed by atoms with Crippen LogP contribution in [0.15, 0.2) is 22.8 Å². The van der Waals surface area contributed by atoms with E-state index in [1.807, 2.05) is 7.11 Å². The number of aliphatic hydroxyl groups excluding tert-OH is 1. The van der Waals surface area contributed by atoms with Crippen molar-refractivity contribution in [3.8, 4) is 0 Å². The number of hydrogen-bond acceptors (Lipinski definition) is 4. The summed E-state index contributed by atoms with van der Waals surface area (Å²) in [5.41, 5.74) is 3.59. The molecule has 1 N–H and O–H groups in total. The third kappa shape index (κ3) is 5.55. The number of methoxy groups -OCH3 is 1. The van der Waals surface area contributed by atoms with Gasteiger partial charge in [-0.05, 0) is 92.4 Å². The number of aliphatic hydroxyl groups is 1. The highest BCUT2D eigenvalue weighted by Gasteiger charge is 2.55. The zero-order valence-electron chi connectivity index (χ0n) is 25.3. The SMILES string of the molecule is CC[Si](CC)(CC)O[C@@H]1[C@H](C)[C@@H]2CC[C@@](COC)(O[Si](C)(C)C)C2=C[C@@]2(C)CCC(C(C)C)=C2[C@H]1O. The Bertz CT molecular complexity index is 832. The van der Waals surface area contributed by atoms with Gasteiger partial charge in [0.1, 0.15) is 11.7 Å². The maximum Gasteiger partial charge on any atom is 0.192 e. The zero-order valence-corrected chi connectivity index (χ0v) is 27.3. The zero-order chi connectivity index (χ0) is 27.1. The van der Waals surface area contributed by atoms with Crippen LogP contribution < -0.4 is 0 Å². The van der Waals surface area contributed by atoms with E-state index in [0.717, 1.165) is 43.8 Å². The van der Waals surface area contributed by atoms with Gasteiger partial charge in [-0.15, -0.1) is 0 Å². The van der Waals surface area contributed by atoms with Gasteiger partial charge in [-0.2, -0.15) is 0 Å². The van der Waals surface area contributed by atoms with E-state index in [9.17, 15) is 5.11 Å². The van der Waals surface area contributed by atoms with Gasteiger partial charge in [-0.3, -0.25) is 0 Å². The molecule has 0 heterocycles. The summed E-state index contributed by atoms with van der Waals surface area (Å²) in [6.07, 6.45) is 6.00. The molecule has 3 aliphatic carbocycles. The topological polar surface area (TPSA) is 47.9 Å². The third-order valence-corrected chi connectivity index (χ3v) is 15.4. The minimum atomic E-state index is -1.93. The van der Waals surface area contributed by atoms with Crippen LogP contribution in [0.1, 0.15) is 74.1 Å². The highest BCUT2D eigenvalue weighted by atomic mass is 28.4. The van der Waals surface area contributed by atoms with Crippen molar-refractivity contribution in [2.24, 2.45) is 23.2 Å². The van der Waals surface area contributed by atoms with Gasteiger partial charge in [0.05, 0.1) is 12.7 Å². The summed E-state index contributed by atoms with van der Waals surface area (Å²) in [5.74, 6) is 0.991. The number of ether oxygens (including phenoxy) is 1. The van der Waals surface area contributed by atoms with Crippen LogP contribution in [0, 0.1) is 23.2 Å². The molecule has 4 nitrogen and oxygen atoms in total. The maximum absolute atomic E-state index is 12.2. The van der Waals surface area contributed by atoms with E-state index in [1.165, 1.54) is 16.7 Å². The highest BCUT2D eigenvalue weighted by molar-refractivity contribution is 6.73. The van der Waals surface area contributed by atoms with E-state index in [1.54, 1.807) is 0 Å². The Morgan fingerprint density at radius 2 is 1.69 bits per heavy atom. The summed E-state index contributed by atoms with van der Waals surface area (Å²) in [6, 6.07) is 3.30. The largest absolute Gasteiger partial charge is 0.411 e. The normalized spacial score (nSPS) is 35.5. The summed E-state index contributed by atoms with van der Waals surface area (Å²) in [4.78, 5) is 0. The number of hydrogen-bond donors (Lipinski definition) is 1. The second-order valence-corrected chi connectivity index (χ2v) is 22.7. The fraction of sp³-hybridized carbons (Fsp3) is 0.867. The van der Waals surface area contributed by atoms with Gasteiger partial charge in [0, 0.05) is 12.5 Å². The van der Waals surface area contributed by atoms with Gasteiger partial charge >= 0.3 is 0 Å². The van der Waals surface area contributed by atoms with Crippen LogP contribution in [0.5, 0.6) is 0 Å². The van der Waals surface area contributed by atoms with Crippen LogP contribution in [0.25, 0.3) is 0 Å². The Morgan fingerprint density at radius 3 is 2.19 bits per heavy atom. The van der Waals surface area contributed by atoms with E-state index < -0.39 is 22.7 Å². The van der Waals surface area contributed by atoms with Crippen LogP contribution in [0.3, 0.4) is 0 Å². The maximum atomic E-state index is 12.2. The summed E-state index contributed by atoms with van der Waals surface area (Å²) in [5, 5.41) is 12.2. The first-order valence-corrected chi connectivity index (χ1v) is 20.7. The lowest BCUT2D eigenvalue weighted by atomic mass is 9.68. The Morgan fingerprint density at radius 1 is 1.08 bits per heavy atom. The van der Waals surface area contributed by atoms with Crippen LogP contribution in [0.2, 0.25) is 37.8 Å². The van der Waals surface area contributed by atoms with Crippen molar-refractivity contribution in [1.82, 2.24) is 0 Å². The first-order valence-electron chi connectivity index (χ1n) is 14.7. The molecular formula is C30H56O4Si2. The molecule has 0 aromatic heterocycles. The van der Waals surface area contributed by atoms with Crippen molar-refractivity contribution < 1.29 is 18.7 Å². The molecule has 0 aromatic carbocycles. The van der Waals surface area contributed by atoms with Gasteiger partial charge in [0.15, 0.2) is 16.6 Å². The minimum absolute atomic E-state index is 0.170. The van der Waals surface area contributed by atoms with Crippen LogP contribution in [-0.2, 0) is 13.6 Å². The van der Waals surface area contributed by atoms with E-state index in [4.69, 9.17) is 13.6 Å². The predicted molar refractivity (Wildman–Crippen MR) is 156 cm³/mol. The molecule has 208 valence electrons. The molecular weight excluding hydrogens is 480 g/mol. The molecule has 0 bridgehead atoms. The predicted octanol–water partition coefficient (Wildman–Crippen LogP) is 7.71. The monoisotopic (exact) mass is 536 g/mol. The van der Waals surface area contributed by atoms with E-state index in [2.05, 4.69) is 74.2 Å². The highest BCUT2D eigenvalue weighted by Crippen LogP contribution is 2.57. The van der Waals surface area contributed by atoms with E-state index in [-0.39, 0.29) is 23.0 Å². The van der Waals surface area contributed by atoms with Gasteiger partial charge in [-0.1, -0.05) is 60.1 Å². The molecule has 0 amide bonds.